The Balaban J connectivity index is 2.33. The summed E-state index contributed by atoms with van der Waals surface area (Å²) in [6.45, 7) is 4.47. The van der Waals surface area contributed by atoms with Gasteiger partial charge in [-0.1, -0.05) is 33.8 Å². The van der Waals surface area contributed by atoms with Crippen LogP contribution in [0.25, 0.3) is 11.3 Å². The highest BCUT2D eigenvalue weighted by molar-refractivity contribution is 9.10. The molecule has 0 spiro atoms. The second-order valence-electron chi connectivity index (χ2n) is 4.38. The number of nitrogens with one attached hydrogen (secondary N) is 1. The van der Waals surface area contributed by atoms with E-state index < -0.39 is 0 Å². The van der Waals surface area contributed by atoms with Gasteiger partial charge < -0.3 is 4.98 Å². The Labute approximate surface area is 107 Å². The second kappa shape index (κ2) is 3.37. The zero-order valence-corrected chi connectivity index (χ0v) is 11.4. The van der Waals surface area contributed by atoms with Crippen molar-refractivity contribution < 1.29 is 0 Å². The van der Waals surface area contributed by atoms with Crippen LogP contribution in [0.5, 0.6) is 0 Å². The Hall–Kier alpha value is -0.740. The van der Waals surface area contributed by atoms with Crippen molar-refractivity contribution in [3.8, 4) is 11.3 Å². The van der Waals surface area contributed by atoms with E-state index in [9.17, 15) is 0 Å². The molecule has 0 bridgehead atoms. The molecule has 4 heteroatoms. The normalized spacial score (nSPS) is 16.7. The fourth-order valence-electron chi connectivity index (χ4n) is 2.08. The van der Waals surface area contributed by atoms with Gasteiger partial charge in [-0.2, -0.15) is 0 Å². The number of fused-ring (bicyclic) bond motifs is 3. The molecule has 0 saturated heterocycles. The Morgan fingerprint density at radius 1 is 1.38 bits per heavy atom. The zero-order chi connectivity index (χ0) is 11.3. The van der Waals surface area contributed by atoms with Crippen LogP contribution >= 0.6 is 27.7 Å². The molecule has 0 atom stereocenters. The number of aromatic nitrogens is 2. The van der Waals surface area contributed by atoms with Gasteiger partial charge in [-0.15, -0.1) is 0 Å². The fourth-order valence-corrected chi connectivity index (χ4v) is 3.58. The molecule has 2 aromatic rings. The van der Waals surface area contributed by atoms with Gasteiger partial charge in [0, 0.05) is 14.8 Å². The highest BCUT2D eigenvalue weighted by Crippen LogP contribution is 2.51. The summed E-state index contributed by atoms with van der Waals surface area (Å²) in [6, 6.07) is 6.43. The third-order valence-electron chi connectivity index (χ3n) is 2.86. The molecule has 0 radical (unpaired) electrons. The molecule has 82 valence electrons. The molecular weight excluding hydrogens is 284 g/mol. The van der Waals surface area contributed by atoms with Crippen LogP contribution in [0.2, 0.25) is 0 Å². The van der Waals surface area contributed by atoms with E-state index in [0.717, 1.165) is 15.2 Å². The first kappa shape index (κ1) is 10.4. The Morgan fingerprint density at radius 2 is 2.19 bits per heavy atom. The first-order chi connectivity index (χ1) is 7.58. The summed E-state index contributed by atoms with van der Waals surface area (Å²) in [7, 11) is 0. The van der Waals surface area contributed by atoms with Gasteiger partial charge in [0.15, 0.2) is 0 Å². The number of imidazole rings is 1. The number of halogens is 1. The maximum absolute atomic E-state index is 4.37. The monoisotopic (exact) mass is 294 g/mol. The standard InChI is InChI=1S/C12H11BrN2S/c1-12(2)9-5-7(13)3-4-8(9)10-11(16-12)15-6-14-10/h3-6H,1-2H3,(H,14,15). The van der Waals surface area contributed by atoms with E-state index >= 15 is 0 Å². The maximum atomic E-state index is 4.37. The summed E-state index contributed by atoms with van der Waals surface area (Å²) in [5.74, 6) is 0. The predicted molar refractivity (Wildman–Crippen MR) is 70.6 cm³/mol. The summed E-state index contributed by atoms with van der Waals surface area (Å²) in [5.41, 5.74) is 3.76. The average molecular weight is 295 g/mol. The van der Waals surface area contributed by atoms with Crippen molar-refractivity contribution in [1.29, 1.82) is 0 Å². The molecule has 1 aliphatic rings. The van der Waals surface area contributed by atoms with E-state index in [1.54, 1.807) is 6.33 Å². The van der Waals surface area contributed by atoms with Crippen molar-refractivity contribution in [3.05, 3.63) is 34.6 Å². The molecule has 1 aromatic carbocycles. The molecule has 0 amide bonds. The number of hydrogen-bond donors (Lipinski definition) is 1. The summed E-state index contributed by atoms with van der Waals surface area (Å²) in [5, 5.41) is 1.10. The SMILES string of the molecule is CC1(C)Sc2nc[nH]c2-c2ccc(Br)cc21. The quantitative estimate of drug-likeness (QED) is 0.790. The lowest BCUT2D eigenvalue weighted by Gasteiger charge is -2.31. The lowest BCUT2D eigenvalue weighted by atomic mass is 9.94. The third kappa shape index (κ3) is 1.44. The molecular formula is C12H11BrN2S. The highest BCUT2D eigenvalue weighted by Gasteiger charge is 2.33. The molecule has 3 rings (SSSR count). The Kier molecular flexibility index (Phi) is 2.20. The Bertz CT molecular complexity index is 560. The van der Waals surface area contributed by atoms with Crippen LogP contribution in [-0.4, -0.2) is 9.97 Å². The van der Waals surface area contributed by atoms with Gasteiger partial charge in [0.2, 0.25) is 0 Å². The predicted octanol–water partition coefficient (Wildman–Crippen LogP) is 4.18. The molecule has 2 nitrogen and oxygen atoms in total. The average Bonchev–Trinajstić information content (AvgIpc) is 2.65. The molecule has 16 heavy (non-hydrogen) atoms. The zero-order valence-electron chi connectivity index (χ0n) is 9.04. The number of hydrogen-bond acceptors (Lipinski definition) is 2. The molecule has 0 unspecified atom stereocenters. The number of aromatic amines is 1. The van der Waals surface area contributed by atoms with Crippen molar-refractivity contribution in [1.82, 2.24) is 9.97 Å². The van der Waals surface area contributed by atoms with Crippen LogP contribution in [0.1, 0.15) is 19.4 Å². The van der Waals surface area contributed by atoms with Crippen molar-refractivity contribution in [2.24, 2.45) is 0 Å². The molecule has 1 aliphatic heterocycles. The largest absolute Gasteiger partial charge is 0.344 e. The van der Waals surface area contributed by atoms with E-state index in [1.807, 2.05) is 11.8 Å². The third-order valence-corrected chi connectivity index (χ3v) is 4.58. The Morgan fingerprint density at radius 3 is 3.00 bits per heavy atom. The van der Waals surface area contributed by atoms with E-state index in [0.29, 0.717) is 0 Å². The van der Waals surface area contributed by atoms with Gasteiger partial charge >= 0.3 is 0 Å². The van der Waals surface area contributed by atoms with Gasteiger partial charge in [0.05, 0.1) is 12.0 Å². The second-order valence-corrected chi connectivity index (χ2v) is 6.91. The van der Waals surface area contributed by atoms with Crippen LogP contribution in [0.15, 0.2) is 34.0 Å². The number of H-pyrrole nitrogens is 1. The summed E-state index contributed by atoms with van der Waals surface area (Å²) >= 11 is 5.35. The van der Waals surface area contributed by atoms with Crippen molar-refractivity contribution in [2.45, 2.75) is 23.6 Å². The minimum atomic E-state index is 0.0707. The molecule has 2 heterocycles. The van der Waals surface area contributed by atoms with E-state index in [1.165, 1.54) is 11.1 Å². The van der Waals surface area contributed by atoms with E-state index in [-0.39, 0.29) is 4.75 Å². The van der Waals surface area contributed by atoms with Crippen LogP contribution in [0.3, 0.4) is 0 Å². The molecule has 0 aliphatic carbocycles. The van der Waals surface area contributed by atoms with Gasteiger partial charge in [0.25, 0.3) is 0 Å². The van der Waals surface area contributed by atoms with Crippen LogP contribution in [0.4, 0.5) is 0 Å². The van der Waals surface area contributed by atoms with Gasteiger partial charge in [-0.3, -0.25) is 0 Å². The van der Waals surface area contributed by atoms with E-state index in [2.05, 4.69) is 57.9 Å². The summed E-state index contributed by atoms with van der Waals surface area (Å²) in [6.07, 6.45) is 1.77. The van der Waals surface area contributed by atoms with Crippen LogP contribution < -0.4 is 0 Å². The van der Waals surface area contributed by atoms with Crippen molar-refractivity contribution >= 4 is 27.7 Å². The molecule has 0 saturated carbocycles. The fraction of sp³-hybridized carbons (Fsp3) is 0.250. The van der Waals surface area contributed by atoms with Crippen LogP contribution in [0, 0.1) is 0 Å². The number of nitrogens with zero attached hydrogens (tertiary/aromatic N) is 1. The van der Waals surface area contributed by atoms with Gasteiger partial charge in [-0.25, -0.2) is 4.98 Å². The highest BCUT2D eigenvalue weighted by atomic mass is 79.9. The smallest absolute Gasteiger partial charge is 0.123 e. The van der Waals surface area contributed by atoms with Crippen molar-refractivity contribution in [2.75, 3.05) is 0 Å². The molecule has 0 fully saturated rings. The van der Waals surface area contributed by atoms with E-state index in [4.69, 9.17) is 0 Å². The lowest BCUT2D eigenvalue weighted by Crippen LogP contribution is -2.17. The lowest BCUT2D eigenvalue weighted by molar-refractivity contribution is 0.773. The van der Waals surface area contributed by atoms with Crippen LogP contribution in [-0.2, 0) is 4.75 Å². The first-order valence-electron chi connectivity index (χ1n) is 5.11. The molecule has 1 N–H and O–H groups in total. The maximum Gasteiger partial charge on any atom is 0.123 e. The minimum absolute atomic E-state index is 0.0707. The number of thioether (sulfide) groups is 1. The summed E-state index contributed by atoms with van der Waals surface area (Å²) < 4.78 is 1.20. The first-order valence-corrected chi connectivity index (χ1v) is 6.72. The molecule has 1 aromatic heterocycles. The van der Waals surface area contributed by atoms with Gasteiger partial charge in [-0.05, 0) is 31.5 Å². The number of rotatable bonds is 0. The number of benzene rings is 1. The van der Waals surface area contributed by atoms with Crippen molar-refractivity contribution in [3.63, 3.8) is 0 Å². The van der Waals surface area contributed by atoms with Gasteiger partial charge in [0.1, 0.15) is 5.03 Å². The summed E-state index contributed by atoms with van der Waals surface area (Å²) in [4.78, 5) is 7.59. The topological polar surface area (TPSA) is 28.7 Å². The minimum Gasteiger partial charge on any atom is -0.344 e.